The van der Waals surface area contributed by atoms with Crippen molar-refractivity contribution in [3.05, 3.63) is 11.6 Å². The molecular formula is C60H102O28. The summed E-state index contributed by atoms with van der Waals surface area (Å²) in [5, 5.41) is 192. The fourth-order valence-corrected chi connectivity index (χ4v) is 17.0. The maximum Gasteiger partial charge on any atom is 0.190 e. The van der Waals surface area contributed by atoms with Gasteiger partial charge in [0.1, 0.15) is 122 Å². The van der Waals surface area contributed by atoms with Crippen molar-refractivity contribution in [2.45, 2.75) is 285 Å². The second kappa shape index (κ2) is 27.4. The van der Waals surface area contributed by atoms with Crippen LogP contribution in [0.25, 0.3) is 0 Å². The van der Waals surface area contributed by atoms with Crippen LogP contribution in [0.5, 0.6) is 0 Å². The normalized spacial score (nSPS) is 51.4. The summed E-state index contributed by atoms with van der Waals surface area (Å²) in [6.07, 6.45) is -33.6. The molecule has 5 saturated heterocycles. The van der Waals surface area contributed by atoms with E-state index in [1.165, 1.54) is 19.4 Å². The second-order valence-corrected chi connectivity index (χ2v) is 28.6. The summed E-state index contributed by atoms with van der Waals surface area (Å²) >= 11 is 0. The molecule has 28 nitrogen and oxygen atoms in total. The molecule has 0 aromatic heterocycles. The van der Waals surface area contributed by atoms with Gasteiger partial charge in [0.2, 0.25) is 0 Å². The summed E-state index contributed by atoms with van der Waals surface area (Å²) in [5.74, 6) is 0.817. The SMILES string of the molecule is C[C@@H](CC[C@H](O[C@@H]1O[C@H](OC[C@H]2O[C@@H](CO)[C@H](O)[C@@H](O)[C@@H]2O)[C@@H](O)[C@H](O)[C@H]1O[C@@H]1O[C@H](CO)[C@@H](O)[C@H](O)[C@H]1O)C(C)(C)O)C1CC[C@]2(C)C3CC=C4C(CC[C@@H](O[C@@H]5O[C@H](CO[C@@H]6O[C@H](CO)[C@@H](O)[C@H](O)[C@H]6O)[C@@H](O)[C@H](O)[C@H]5O)C4(C)C)[C@@]3(C)CC[C@@]12C. The highest BCUT2D eigenvalue weighted by Gasteiger charge is 2.68. The van der Waals surface area contributed by atoms with Crippen LogP contribution >= 0.6 is 0 Å². The van der Waals surface area contributed by atoms with Gasteiger partial charge in [-0.1, -0.05) is 53.2 Å². The van der Waals surface area contributed by atoms with Crippen molar-refractivity contribution in [2.75, 3.05) is 33.0 Å². The molecule has 5 heterocycles. The van der Waals surface area contributed by atoms with Gasteiger partial charge in [-0.3, -0.25) is 0 Å². The molecule has 0 radical (unpaired) electrons. The summed E-state index contributed by atoms with van der Waals surface area (Å²) in [7, 11) is 0. The van der Waals surface area contributed by atoms with Crippen LogP contribution < -0.4 is 0 Å². The van der Waals surface area contributed by atoms with E-state index in [4.69, 9.17) is 47.4 Å². The van der Waals surface area contributed by atoms with Gasteiger partial charge in [0.05, 0.1) is 50.8 Å². The molecule has 88 heavy (non-hydrogen) atoms. The molecule has 0 amide bonds. The highest BCUT2D eigenvalue weighted by Crippen LogP contribution is 2.75. The third-order valence-corrected chi connectivity index (χ3v) is 22.8. The minimum atomic E-state index is -1.98. The predicted molar refractivity (Wildman–Crippen MR) is 299 cm³/mol. The van der Waals surface area contributed by atoms with Gasteiger partial charge in [-0.15, -0.1) is 0 Å². The van der Waals surface area contributed by atoms with E-state index >= 15 is 0 Å². The highest BCUT2D eigenvalue weighted by molar-refractivity contribution is 5.30. The van der Waals surface area contributed by atoms with Crippen molar-refractivity contribution >= 4 is 0 Å². The van der Waals surface area contributed by atoms with E-state index in [0.717, 1.165) is 38.5 Å². The lowest BCUT2D eigenvalue weighted by Gasteiger charge is -2.66. The summed E-state index contributed by atoms with van der Waals surface area (Å²) in [4.78, 5) is 0. The zero-order chi connectivity index (χ0) is 64.7. The Morgan fingerprint density at radius 2 is 0.966 bits per heavy atom. The van der Waals surface area contributed by atoms with Gasteiger partial charge in [-0.2, -0.15) is 0 Å². The van der Waals surface area contributed by atoms with E-state index in [0.29, 0.717) is 18.8 Å². The van der Waals surface area contributed by atoms with Crippen LogP contribution in [0.4, 0.5) is 0 Å². The van der Waals surface area contributed by atoms with E-state index < -0.39 is 210 Å². The van der Waals surface area contributed by atoms with E-state index in [1.807, 2.05) is 0 Å². The van der Waals surface area contributed by atoms with E-state index in [9.17, 15) is 91.9 Å². The molecule has 28 heteroatoms. The third-order valence-electron chi connectivity index (χ3n) is 22.8. The van der Waals surface area contributed by atoms with Crippen molar-refractivity contribution in [3.63, 3.8) is 0 Å². The average Bonchev–Trinajstić information content (AvgIpc) is 1.42. The Labute approximate surface area is 512 Å². The van der Waals surface area contributed by atoms with Gasteiger partial charge in [-0.25, -0.2) is 0 Å². The number of aliphatic hydroxyl groups is 18. The molecular weight excluding hydrogens is 1170 g/mol. The Balaban J connectivity index is 0.871. The van der Waals surface area contributed by atoms with Gasteiger partial charge in [0.15, 0.2) is 31.5 Å². The first-order valence-electron chi connectivity index (χ1n) is 31.5. The van der Waals surface area contributed by atoms with Crippen LogP contribution in [0, 0.1) is 45.3 Å². The molecule has 18 N–H and O–H groups in total. The fraction of sp³-hybridized carbons (Fsp3) is 0.967. The molecule has 9 rings (SSSR count). The second-order valence-electron chi connectivity index (χ2n) is 28.6. The predicted octanol–water partition coefficient (Wildman–Crippen LogP) is -4.38. The lowest BCUT2D eigenvalue weighted by Crippen LogP contribution is -2.65. The van der Waals surface area contributed by atoms with E-state index in [-0.39, 0.29) is 40.4 Å². The Morgan fingerprint density at radius 3 is 1.52 bits per heavy atom. The lowest BCUT2D eigenvalue weighted by molar-refractivity contribution is -0.400. The van der Waals surface area contributed by atoms with Gasteiger partial charge in [0, 0.05) is 5.41 Å². The molecule has 5 aliphatic heterocycles. The summed E-state index contributed by atoms with van der Waals surface area (Å²) in [6.45, 7) is 13.5. The van der Waals surface area contributed by atoms with Gasteiger partial charge >= 0.3 is 0 Å². The van der Waals surface area contributed by atoms with E-state index in [1.54, 1.807) is 0 Å². The first kappa shape index (κ1) is 70.9. The van der Waals surface area contributed by atoms with Crippen LogP contribution in [0.1, 0.15) is 113 Å². The maximum absolute atomic E-state index is 11.8. The number of fused-ring (bicyclic) bond motifs is 5. The van der Waals surface area contributed by atoms with Crippen molar-refractivity contribution < 1.29 is 139 Å². The van der Waals surface area contributed by atoms with Crippen LogP contribution in [-0.2, 0) is 47.4 Å². The van der Waals surface area contributed by atoms with E-state index in [2.05, 4.69) is 47.6 Å². The third kappa shape index (κ3) is 13.0. The highest BCUT2D eigenvalue weighted by atomic mass is 16.8. The topological polar surface area (TPSA) is 456 Å². The summed E-state index contributed by atoms with van der Waals surface area (Å²) in [5.41, 5.74) is -1.23. The summed E-state index contributed by atoms with van der Waals surface area (Å²) in [6, 6.07) is 0. The number of hydrogen-bond acceptors (Lipinski definition) is 28. The lowest BCUT2D eigenvalue weighted by atomic mass is 9.39. The largest absolute Gasteiger partial charge is 0.394 e. The molecule has 9 aliphatic rings. The van der Waals surface area contributed by atoms with Crippen molar-refractivity contribution in [1.82, 2.24) is 0 Å². The number of ether oxygens (including phenoxy) is 10. The van der Waals surface area contributed by atoms with Crippen molar-refractivity contribution in [1.29, 1.82) is 0 Å². The van der Waals surface area contributed by atoms with Crippen LogP contribution in [-0.4, -0.2) is 296 Å². The molecule has 0 bridgehead atoms. The first-order valence-corrected chi connectivity index (χ1v) is 31.5. The van der Waals surface area contributed by atoms with Gasteiger partial charge in [-0.05, 0) is 112 Å². The van der Waals surface area contributed by atoms with Crippen LogP contribution in [0.15, 0.2) is 11.6 Å². The number of hydrogen-bond donors (Lipinski definition) is 18. The molecule has 34 atom stereocenters. The van der Waals surface area contributed by atoms with Gasteiger partial charge in [0.25, 0.3) is 0 Å². The van der Waals surface area contributed by atoms with Crippen LogP contribution in [0.3, 0.4) is 0 Å². The maximum atomic E-state index is 11.8. The standard InChI is InChI=1S/C60H102O28/c1-24(9-13-35(57(4,5)78)86-55-50(87-54-48(76)43(71)38(66)30(21-63)83-54)45(73)49(77)52(88-55)80-22-31-39(67)41(69)36(64)28(19-61)81-31)25-15-16-60(8)33-12-10-26-27(58(33,6)17-18-59(25,60)7)11-14-34(56(26,2)3)85-53-47(75)44(72)40(68)32(84-53)23-79-51-46(74)42(70)37(65)29(20-62)82-51/h10,24-25,27-55,61-78H,9,11-23H2,1-8H3/t24-,25?,27?,28-,29+,30+,31+,32+,33?,34+,35-,36-,37+,38+,39+,40+,41+,42-,43-,44-,45-,46+,47+,48+,49-,50+,51+,52-,53-,54-,55+,58+,59-,60+/m0/s1. The molecule has 3 saturated carbocycles. The molecule has 3 unspecified atom stereocenters. The van der Waals surface area contributed by atoms with Crippen LogP contribution in [0.2, 0.25) is 0 Å². The minimum absolute atomic E-state index is 0.0807. The minimum Gasteiger partial charge on any atom is -0.394 e. The van der Waals surface area contributed by atoms with Crippen molar-refractivity contribution in [2.24, 2.45) is 45.3 Å². The molecule has 510 valence electrons. The average molecular weight is 1270 g/mol. The zero-order valence-corrected chi connectivity index (χ0v) is 51.5. The molecule has 0 aromatic rings. The summed E-state index contributed by atoms with van der Waals surface area (Å²) < 4.78 is 59.6. The molecule has 0 spiro atoms. The monoisotopic (exact) mass is 1270 g/mol. The smallest absolute Gasteiger partial charge is 0.190 e. The number of rotatable bonds is 20. The molecule has 0 aromatic carbocycles. The number of allylic oxidation sites excluding steroid dienone is 1. The molecule has 4 aliphatic carbocycles. The Bertz CT molecular complexity index is 2310. The first-order chi connectivity index (χ1) is 41.2. The number of aliphatic hydroxyl groups excluding tert-OH is 17. The van der Waals surface area contributed by atoms with Gasteiger partial charge < -0.3 is 139 Å². The fourth-order valence-electron chi connectivity index (χ4n) is 17.0. The van der Waals surface area contributed by atoms with Crippen molar-refractivity contribution in [3.8, 4) is 0 Å². The Hall–Kier alpha value is -1.38. The molecule has 8 fully saturated rings. The quantitative estimate of drug-likeness (QED) is 0.0512. The Kier molecular flexibility index (Phi) is 22.1. The Morgan fingerprint density at radius 1 is 0.500 bits per heavy atom. The zero-order valence-electron chi connectivity index (χ0n) is 51.5.